The van der Waals surface area contributed by atoms with Crippen molar-refractivity contribution in [1.29, 1.82) is 0 Å². The average molecular weight is 449 g/mol. The number of anilines is 1. The van der Waals surface area contributed by atoms with E-state index in [0.29, 0.717) is 10.6 Å². The molecule has 5 nitrogen and oxygen atoms in total. The van der Waals surface area contributed by atoms with E-state index in [1.807, 2.05) is 19.1 Å². The lowest BCUT2D eigenvalue weighted by Crippen LogP contribution is -2.36. The molecule has 0 fully saturated rings. The van der Waals surface area contributed by atoms with Crippen LogP contribution < -0.4 is 10.6 Å². The van der Waals surface area contributed by atoms with Gasteiger partial charge in [-0.1, -0.05) is 59.6 Å². The fraction of sp³-hybridized carbons (Fsp3) is 0.273. The maximum absolute atomic E-state index is 13.8. The van der Waals surface area contributed by atoms with Gasteiger partial charge >= 0.3 is 6.18 Å². The quantitative estimate of drug-likeness (QED) is 0.559. The molecule has 162 valence electrons. The number of aryl methyl sites for hydroxylation is 1. The largest absolute Gasteiger partial charge is 0.410 e. The van der Waals surface area contributed by atoms with E-state index in [9.17, 15) is 18.0 Å². The highest BCUT2D eigenvalue weighted by molar-refractivity contribution is 6.31. The minimum absolute atomic E-state index is 0.0517. The third kappa shape index (κ3) is 4.39. The van der Waals surface area contributed by atoms with Crippen LogP contribution >= 0.6 is 11.6 Å². The molecule has 0 radical (unpaired) electrons. The number of halogens is 4. The number of carbonyl (C=O) groups is 1. The van der Waals surface area contributed by atoms with Gasteiger partial charge in [-0.2, -0.15) is 18.3 Å². The summed E-state index contributed by atoms with van der Waals surface area (Å²) in [6.07, 6.45) is -3.56. The first-order valence-electron chi connectivity index (χ1n) is 9.73. The maximum Gasteiger partial charge on any atom is 0.410 e. The van der Waals surface area contributed by atoms with Crippen molar-refractivity contribution in [2.24, 2.45) is 0 Å². The van der Waals surface area contributed by atoms with Gasteiger partial charge in [-0.25, -0.2) is 4.68 Å². The summed E-state index contributed by atoms with van der Waals surface area (Å²) in [6, 6.07) is 11.9. The molecule has 2 heterocycles. The average Bonchev–Trinajstić information content (AvgIpc) is 3.16. The number of nitrogens with one attached hydrogen (secondary N) is 2. The Hall–Kier alpha value is -3.00. The van der Waals surface area contributed by atoms with E-state index in [-0.39, 0.29) is 24.3 Å². The highest BCUT2D eigenvalue weighted by Gasteiger charge is 2.47. The van der Waals surface area contributed by atoms with E-state index in [4.69, 9.17) is 11.6 Å². The van der Waals surface area contributed by atoms with Crippen LogP contribution in [0.2, 0.25) is 5.02 Å². The zero-order valence-electron chi connectivity index (χ0n) is 16.6. The number of benzene rings is 2. The van der Waals surface area contributed by atoms with E-state index in [1.165, 1.54) is 6.20 Å². The number of aromatic nitrogens is 2. The number of rotatable bonds is 4. The Morgan fingerprint density at radius 1 is 1.23 bits per heavy atom. The van der Waals surface area contributed by atoms with Crippen LogP contribution in [-0.2, 0) is 6.54 Å². The van der Waals surface area contributed by atoms with Gasteiger partial charge in [0, 0.05) is 18.0 Å². The Morgan fingerprint density at radius 2 is 1.94 bits per heavy atom. The smallest absolute Gasteiger partial charge is 0.363 e. The van der Waals surface area contributed by atoms with Crippen molar-refractivity contribution in [2.45, 2.75) is 38.1 Å². The van der Waals surface area contributed by atoms with Crippen LogP contribution in [0.3, 0.4) is 0 Å². The summed E-state index contributed by atoms with van der Waals surface area (Å²) in [7, 11) is 0. The molecule has 0 spiro atoms. The van der Waals surface area contributed by atoms with Crippen LogP contribution in [0.15, 0.2) is 54.7 Å². The number of amides is 1. The molecule has 1 aromatic heterocycles. The highest BCUT2D eigenvalue weighted by Crippen LogP contribution is 2.44. The summed E-state index contributed by atoms with van der Waals surface area (Å²) in [6.45, 7) is 2.06. The molecule has 0 bridgehead atoms. The van der Waals surface area contributed by atoms with E-state index >= 15 is 0 Å². The van der Waals surface area contributed by atoms with Gasteiger partial charge < -0.3 is 10.6 Å². The predicted octanol–water partition coefficient (Wildman–Crippen LogP) is 5.44. The molecule has 1 amide bonds. The zero-order chi connectivity index (χ0) is 22.2. The van der Waals surface area contributed by atoms with E-state index < -0.39 is 24.2 Å². The van der Waals surface area contributed by atoms with Crippen molar-refractivity contribution in [1.82, 2.24) is 15.1 Å². The molecule has 1 aliphatic heterocycles. The fourth-order valence-corrected chi connectivity index (χ4v) is 3.86. The van der Waals surface area contributed by atoms with E-state index in [0.717, 1.165) is 15.8 Å². The fourth-order valence-electron chi connectivity index (χ4n) is 3.66. The Balaban J connectivity index is 1.62. The van der Waals surface area contributed by atoms with Crippen LogP contribution in [-0.4, -0.2) is 21.9 Å². The van der Waals surface area contributed by atoms with Crippen molar-refractivity contribution in [3.05, 3.63) is 82.0 Å². The maximum atomic E-state index is 13.8. The number of hydrogen-bond acceptors (Lipinski definition) is 3. The minimum atomic E-state index is -4.50. The van der Waals surface area contributed by atoms with Gasteiger partial charge in [0.15, 0.2) is 6.04 Å². The lowest BCUT2D eigenvalue weighted by molar-refractivity contribution is -0.173. The Kier molecular flexibility index (Phi) is 5.66. The summed E-state index contributed by atoms with van der Waals surface area (Å²) in [5, 5.41) is 10.2. The van der Waals surface area contributed by atoms with Gasteiger partial charge in [0.2, 0.25) is 0 Å². The second-order valence-electron chi connectivity index (χ2n) is 7.53. The molecule has 3 aromatic rings. The third-order valence-corrected chi connectivity index (χ3v) is 5.73. The molecule has 0 saturated heterocycles. The predicted molar refractivity (Wildman–Crippen MR) is 112 cm³/mol. The summed E-state index contributed by atoms with van der Waals surface area (Å²) >= 11 is 6.11. The van der Waals surface area contributed by atoms with Crippen molar-refractivity contribution < 1.29 is 18.0 Å². The van der Waals surface area contributed by atoms with Gasteiger partial charge in [-0.15, -0.1) is 0 Å². The Morgan fingerprint density at radius 3 is 2.61 bits per heavy atom. The first-order valence-corrected chi connectivity index (χ1v) is 10.1. The second-order valence-corrected chi connectivity index (χ2v) is 7.93. The number of fused-ring (bicyclic) bond motifs is 1. The number of alkyl halides is 3. The third-order valence-electron chi connectivity index (χ3n) is 5.36. The monoisotopic (exact) mass is 448 g/mol. The number of carbonyl (C=O) groups excluding carboxylic acids is 1. The molecule has 2 aromatic carbocycles. The first-order chi connectivity index (χ1) is 14.7. The van der Waals surface area contributed by atoms with Crippen molar-refractivity contribution >= 4 is 23.3 Å². The Labute approximate surface area is 182 Å². The molecule has 0 aliphatic carbocycles. The van der Waals surface area contributed by atoms with Crippen molar-refractivity contribution in [3.8, 4) is 0 Å². The molecule has 31 heavy (non-hydrogen) atoms. The molecule has 9 heteroatoms. The molecule has 0 saturated carbocycles. The van der Waals surface area contributed by atoms with Gasteiger partial charge in [0.25, 0.3) is 5.91 Å². The molecular formula is C22H20ClF3N4O. The summed E-state index contributed by atoms with van der Waals surface area (Å²) < 4.78 is 42.2. The molecule has 2 atom stereocenters. The molecule has 0 unspecified atom stereocenters. The SMILES string of the molecule is Cc1ccc([C@H]2C[C@@H](C(F)(F)F)n3ncc(C(=O)NCc4ccccc4Cl)c3N2)cc1. The van der Waals surface area contributed by atoms with Crippen LogP contribution in [0, 0.1) is 6.92 Å². The second kappa shape index (κ2) is 8.26. The van der Waals surface area contributed by atoms with Gasteiger partial charge in [-0.3, -0.25) is 4.79 Å². The van der Waals surface area contributed by atoms with Gasteiger partial charge in [-0.05, 0) is 24.1 Å². The standard InChI is InChI=1S/C22H20ClF3N4O/c1-13-6-8-14(9-7-13)18-10-19(22(24,25)26)30-20(29-18)16(12-28-30)21(31)27-11-15-4-2-3-5-17(15)23/h2-9,12,18-19,29H,10-11H2,1H3,(H,27,31)/t18-,19+/m1/s1. The van der Waals surface area contributed by atoms with E-state index in [2.05, 4.69) is 15.7 Å². The lowest BCUT2D eigenvalue weighted by atomic mass is 9.96. The van der Waals surface area contributed by atoms with Gasteiger partial charge in [0.1, 0.15) is 11.4 Å². The first kappa shape index (κ1) is 21.2. The summed E-state index contributed by atoms with van der Waals surface area (Å²) in [4.78, 5) is 12.8. The lowest BCUT2D eigenvalue weighted by Gasteiger charge is -2.34. The molecule has 4 rings (SSSR count). The topological polar surface area (TPSA) is 59.0 Å². The van der Waals surface area contributed by atoms with Crippen LogP contribution in [0.5, 0.6) is 0 Å². The summed E-state index contributed by atoms with van der Waals surface area (Å²) in [5.74, 6) is -0.477. The number of hydrogen-bond donors (Lipinski definition) is 2. The zero-order valence-corrected chi connectivity index (χ0v) is 17.3. The van der Waals surface area contributed by atoms with Crippen LogP contribution in [0.1, 0.15) is 45.6 Å². The Bertz CT molecular complexity index is 1090. The normalized spacial score (nSPS) is 18.2. The molecule has 1 aliphatic rings. The van der Waals surface area contributed by atoms with E-state index in [1.54, 1.807) is 36.4 Å². The van der Waals surface area contributed by atoms with Gasteiger partial charge in [0.05, 0.1) is 12.2 Å². The van der Waals surface area contributed by atoms with Crippen molar-refractivity contribution in [2.75, 3.05) is 5.32 Å². The highest BCUT2D eigenvalue weighted by atomic mass is 35.5. The van der Waals surface area contributed by atoms with Crippen LogP contribution in [0.25, 0.3) is 0 Å². The molecule has 2 N–H and O–H groups in total. The molecular weight excluding hydrogens is 429 g/mol. The van der Waals surface area contributed by atoms with Crippen molar-refractivity contribution in [3.63, 3.8) is 0 Å². The van der Waals surface area contributed by atoms with Crippen LogP contribution in [0.4, 0.5) is 19.0 Å². The number of nitrogens with zero attached hydrogens (tertiary/aromatic N) is 2. The summed E-state index contributed by atoms with van der Waals surface area (Å²) in [5.41, 5.74) is 2.49. The minimum Gasteiger partial charge on any atom is -0.363 e.